The molecule has 0 rings (SSSR count). The molecule has 0 aliphatic heterocycles. The molecule has 0 fully saturated rings. The molecular formula is C19H41NOSi. The Bertz CT molecular complexity index is 214. The Kier molecular flexibility index (Phi) is 15.4. The predicted molar refractivity (Wildman–Crippen MR) is 103 cm³/mol. The standard InChI is InChI=1S/C19H41NOSi/c1-5-8-11-14-17-22(21-20-4,18-15-12-9-6-2)19-16-13-10-7-3/h4-19H2,1-3H3. The maximum Gasteiger partial charge on any atom is 0.287 e. The SMILES string of the molecule is C=NO[Si](CCCCCC)(CCCCCC)CCCCCC. The van der Waals surface area contributed by atoms with Gasteiger partial charge in [-0.15, -0.1) is 5.16 Å². The predicted octanol–water partition coefficient (Wildman–Crippen LogP) is 7.31. The van der Waals surface area contributed by atoms with Crippen molar-refractivity contribution in [2.24, 2.45) is 5.16 Å². The average Bonchev–Trinajstić information content (AvgIpc) is 2.53. The Morgan fingerprint density at radius 3 is 1.27 bits per heavy atom. The summed E-state index contributed by atoms with van der Waals surface area (Å²) in [7, 11) is -1.67. The maximum atomic E-state index is 6.02. The van der Waals surface area contributed by atoms with Crippen LogP contribution in [0.1, 0.15) is 97.8 Å². The minimum Gasteiger partial charge on any atom is -0.455 e. The normalized spacial score (nSPS) is 11.6. The molecule has 0 radical (unpaired) electrons. The van der Waals surface area contributed by atoms with Crippen LogP contribution in [0.5, 0.6) is 0 Å². The zero-order chi connectivity index (χ0) is 16.5. The first kappa shape index (κ1) is 21.7. The zero-order valence-electron chi connectivity index (χ0n) is 15.7. The highest BCUT2D eigenvalue weighted by Gasteiger charge is 2.36. The third kappa shape index (κ3) is 11.3. The van der Waals surface area contributed by atoms with Crippen LogP contribution in [0.2, 0.25) is 18.1 Å². The van der Waals surface area contributed by atoms with Gasteiger partial charge in [-0.1, -0.05) is 97.8 Å². The number of nitrogens with zero attached hydrogens (tertiary/aromatic N) is 1. The monoisotopic (exact) mass is 327 g/mol. The van der Waals surface area contributed by atoms with Gasteiger partial charge >= 0.3 is 0 Å². The van der Waals surface area contributed by atoms with Crippen molar-refractivity contribution >= 4 is 15.0 Å². The minimum absolute atomic E-state index is 1.30. The molecule has 132 valence electrons. The van der Waals surface area contributed by atoms with Gasteiger partial charge < -0.3 is 4.53 Å². The molecule has 0 amide bonds. The molecule has 0 saturated heterocycles. The van der Waals surface area contributed by atoms with Crippen LogP contribution >= 0.6 is 0 Å². The summed E-state index contributed by atoms with van der Waals surface area (Å²) in [4.78, 5) is 0. The van der Waals surface area contributed by atoms with Gasteiger partial charge in [-0.25, -0.2) is 0 Å². The second-order valence-corrected chi connectivity index (χ2v) is 10.9. The molecule has 0 N–H and O–H groups in total. The van der Waals surface area contributed by atoms with Crippen molar-refractivity contribution in [1.82, 2.24) is 0 Å². The van der Waals surface area contributed by atoms with Crippen molar-refractivity contribution in [2.45, 2.75) is 116 Å². The summed E-state index contributed by atoms with van der Waals surface area (Å²) in [5, 5.41) is 3.92. The largest absolute Gasteiger partial charge is 0.455 e. The molecule has 22 heavy (non-hydrogen) atoms. The van der Waals surface area contributed by atoms with Gasteiger partial charge in [0.05, 0.1) is 0 Å². The molecule has 2 nitrogen and oxygen atoms in total. The fourth-order valence-corrected chi connectivity index (χ4v) is 7.25. The number of unbranched alkanes of at least 4 members (excludes halogenated alkanes) is 9. The number of hydrogen-bond acceptors (Lipinski definition) is 2. The van der Waals surface area contributed by atoms with Crippen LogP contribution in [-0.2, 0) is 4.53 Å². The third-order valence-electron chi connectivity index (χ3n) is 4.72. The molecule has 0 spiro atoms. The molecule has 0 aromatic heterocycles. The van der Waals surface area contributed by atoms with Crippen LogP contribution in [0.4, 0.5) is 0 Å². The van der Waals surface area contributed by atoms with E-state index in [2.05, 4.69) is 32.6 Å². The van der Waals surface area contributed by atoms with Gasteiger partial charge in [0, 0.05) is 6.72 Å². The zero-order valence-corrected chi connectivity index (χ0v) is 16.7. The van der Waals surface area contributed by atoms with E-state index in [4.69, 9.17) is 4.53 Å². The lowest BCUT2D eigenvalue weighted by atomic mass is 10.2. The lowest BCUT2D eigenvalue weighted by molar-refractivity contribution is 0.317. The first-order valence-corrected chi connectivity index (χ1v) is 12.4. The summed E-state index contributed by atoms with van der Waals surface area (Å²) >= 11 is 0. The van der Waals surface area contributed by atoms with E-state index >= 15 is 0 Å². The van der Waals surface area contributed by atoms with Crippen LogP contribution < -0.4 is 0 Å². The van der Waals surface area contributed by atoms with Crippen LogP contribution in [0.15, 0.2) is 5.16 Å². The fraction of sp³-hybridized carbons (Fsp3) is 0.947. The molecule has 0 bridgehead atoms. The van der Waals surface area contributed by atoms with E-state index in [1.165, 1.54) is 95.2 Å². The van der Waals surface area contributed by atoms with Crippen LogP contribution in [0, 0.1) is 0 Å². The molecule has 0 heterocycles. The van der Waals surface area contributed by atoms with E-state index in [0.29, 0.717) is 0 Å². The Morgan fingerprint density at radius 2 is 1.00 bits per heavy atom. The van der Waals surface area contributed by atoms with Gasteiger partial charge in [0.25, 0.3) is 8.32 Å². The van der Waals surface area contributed by atoms with E-state index in [-0.39, 0.29) is 0 Å². The molecule has 0 aliphatic rings. The topological polar surface area (TPSA) is 21.6 Å². The van der Waals surface area contributed by atoms with Gasteiger partial charge in [-0.2, -0.15) is 0 Å². The maximum absolute atomic E-state index is 6.02. The first-order chi connectivity index (χ1) is 10.7. The van der Waals surface area contributed by atoms with E-state index < -0.39 is 8.32 Å². The number of rotatable bonds is 17. The molecule has 0 atom stereocenters. The molecule has 0 aromatic rings. The number of hydrogen-bond donors (Lipinski definition) is 0. The Hall–Kier alpha value is -0.313. The lowest BCUT2D eigenvalue weighted by Gasteiger charge is -2.29. The molecule has 0 aromatic carbocycles. The number of oxime groups is 1. The highest BCUT2D eigenvalue weighted by atomic mass is 28.4. The van der Waals surface area contributed by atoms with Gasteiger partial charge in [0.1, 0.15) is 0 Å². The average molecular weight is 328 g/mol. The Balaban J connectivity index is 4.43. The van der Waals surface area contributed by atoms with Gasteiger partial charge in [0.2, 0.25) is 0 Å². The first-order valence-electron chi connectivity index (χ1n) is 9.88. The van der Waals surface area contributed by atoms with E-state index in [0.717, 1.165) is 0 Å². The summed E-state index contributed by atoms with van der Waals surface area (Å²) in [5.74, 6) is 0. The minimum atomic E-state index is -1.67. The van der Waals surface area contributed by atoms with Crippen molar-refractivity contribution in [1.29, 1.82) is 0 Å². The summed E-state index contributed by atoms with van der Waals surface area (Å²) in [6, 6.07) is 3.89. The molecule has 0 aliphatic carbocycles. The fourth-order valence-electron chi connectivity index (χ4n) is 3.27. The summed E-state index contributed by atoms with van der Waals surface area (Å²) in [6.45, 7) is 10.5. The van der Waals surface area contributed by atoms with Crippen molar-refractivity contribution in [3.05, 3.63) is 0 Å². The van der Waals surface area contributed by atoms with E-state index in [1.54, 1.807) is 0 Å². The Labute approximate surface area is 141 Å². The van der Waals surface area contributed by atoms with Gasteiger partial charge in [-0.05, 0) is 18.1 Å². The van der Waals surface area contributed by atoms with Crippen LogP contribution in [0.25, 0.3) is 0 Å². The summed E-state index contributed by atoms with van der Waals surface area (Å²) < 4.78 is 6.02. The van der Waals surface area contributed by atoms with Crippen LogP contribution in [0.3, 0.4) is 0 Å². The van der Waals surface area contributed by atoms with Crippen molar-refractivity contribution in [3.63, 3.8) is 0 Å². The lowest BCUT2D eigenvalue weighted by Crippen LogP contribution is -2.36. The molecule has 3 heteroatoms. The van der Waals surface area contributed by atoms with Crippen molar-refractivity contribution in [2.75, 3.05) is 0 Å². The van der Waals surface area contributed by atoms with Crippen LogP contribution in [-0.4, -0.2) is 15.0 Å². The second kappa shape index (κ2) is 15.6. The second-order valence-electron chi connectivity index (χ2n) is 6.84. The smallest absolute Gasteiger partial charge is 0.287 e. The van der Waals surface area contributed by atoms with Crippen molar-refractivity contribution in [3.8, 4) is 0 Å². The van der Waals surface area contributed by atoms with Gasteiger partial charge in [-0.3, -0.25) is 0 Å². The molecular weight excluding hydrogens is 286 g/mol. The Morgan fingerprint density at radius 1 is 0.636 bits per heavy atom. The quantitative estimate of drug-likeness (QED) is 0.119. The highest BCUT2D eigenvalue weighted by molar-refractivity contribution is 6.73. The highest BCUT2D eigenvalue weighted by Crippen LogP contribution is 2.31. The third-order valence-corrected chi connectivity index (χ3v) is 9.03. The molecule has 0 unspecified atom stereocenters. The van der Waals surface area contributed by atoms with E-state index in [9.17, 15) is 0 Å². The summed E-state index contributed by atoms with van der Waals surface area (Å²) in [5.41, 5.74) is 0. The molecule has 0 saturated carbocycles. The van der Waals surface area contributed by atoms with Crippen molar-refractivity contribution < 1.29 is 4.53 Å². The van der Waals surface area contributed by atoms with Gasteiger partial charge in [0.15, 0.2) is 0 Å². The van der Waals surface area contributed by atoms with E-state index in [1.807, 2.05) is 0 Å². The summed E-state index contributed by atoms with van der Waals surface area (Å²) in [6.07, 6.45) is 16.1.